The van der Waals surface area contributed by atoms with E-state index in [0.717, 1.165) is 48.0 Å². The van der Waals surface area contributed by atoms with Gasteiger partial charge < -0.3 is 9.80 Å². The highest BCUT2D eigenvalue weighted by atomic mass is 16.2. The van der Waals surface area contributed by atoms with Crippen molar-refractivity contribution in [2.75, 3.05) is 18.0 Å². The molecule has 0 bridgehead atoms. The van der Waals surface area contributed by atoms with Gasteiger partial charge in [-0.25, -0.2) is 4.68 Å². The van der Waals surface area contributed by atoms with E-state index in [1.165, 1.54) is 12.1 Å². The minimum Gasteiger partial charge on any atom is -0.341 e. The van der Waals surface area contributed by atoms with E-state index in [1.54, 1.807) is 9.80 Å². The van der Waals surface area contributed by atoms with E-state index in [4.69, 9.17) is 0 Å². The van der Waals surface area contributed by atoms with Crippen LogP contribution in [0, 0.1) is 0 Å². The highest BCUT2D eigenvalue weighted by molar-refractivity contribution is 6.06. The summed E-state index contributed by atoms with van der Waals surface area (Å²) in [5.41, 5.74) is 1.81. The summed E-state index contributed by atoms with van der Waals surface area (Å²) in [4.78, 5) is 41.6. The molecule has 0 N–H and O–H groups in total. The molecule has 1 fully saturated rings. The monoisotopic (exact) mass is 394 g/mol. The highest BCUT2D eigenvalue weighted by Gasteiger charge is 2.32. The van der Waals surface area contributed by atoms with Gasteiger partial charge in [0.05, 0.1) is 0 Å². The Balaban J connectivity index is 1.56. The first kappa shape index (κ1) is 19.4. The van der Waals surface area contributed by atoms with Gasteiger partial charge in [0.1, 0.15) is 12.2 Å². The molecular formula is C22H26N4O3. The maximum Gasteiger partial charge on any atom is 0.278 e. The van der Waals surface area contributed by atoms with Gasteiger partial charge >= 0.3 is 0 Å². The van der Waals surface area contributed by atoms with Crippen LogP contribution in [-0.4, -0.2) is 45.6 Å². The lowest BCUT2D eigenvalue weighted by atomic mass is 10.1. The number of para-hydroxylation sites is 1. The Hall–Kier alpha value is -2.96. The third-order valence-corrected chi connectivity index (χ3v) is 5.76. The summed E-state index contributed by atoms with van der Waals surface area (Å²) >= 11 is 0. The molecule has 3 heterocycles. The Morgan fingerprint density at radius 2 is 1.76 bits per heavy atom. The molecule has 7 heteroatoms. The molecule has 0 saturated carbocycles. The van der Waals surface area contributed by atoms with Crippen molar-refractivity contribution in [3.63, 3.8) is 0 Å². The zero-order chi connectivity index (χ0) is 20.4. The Bertz CT molecular complexity index is 976. The fraction of sp³-hybridized carbons (Fsp3) is 0.455. The molecule has 1 atom stereocenters. The molecule has 0 aliphatic carbocycles. The summed E-state index contributed by atoms with van der Waals surface area (Å²) in [6, 6.07) is 10.6. The summed E-state index contributed by atoms with van der Waals surface area (Å²) in [5, 5.41) is 4.25. The lowest BCUT2D eigenvalue weighted by molar-refractivity contribution is -0.132. The normalized spacial score (nSPS) is 19.0. The van der Waals surface area contributed by atoms with Crippen molar-refractivity contribution in [2.45, 2.75) is 51.6 Å². The number of hydrogen-bond acceptors (Lipinski definition) is 4. The van der Waals surface area contributed by atoms with Gasteiger partial charge in [0.15, 0.2) is 0 Å². The summed E-state index contributed by atoms with van der Waals surface area (Å²) in [6.45, 7) is 3.30. The van der Waals surface area contributed by atoms with Gasteiger partial charge in [-0.1, -0.05) is 31.0 Å². The summed E-state index contributed by atoms with van der Waals surface area (Å²) in [7, 11) is 0. The number of hydrogen-bond donors (Lipinski definition) is 0. The number of aromatic nitrogens is 2. The quantitative estimate of drug-likeness (QED) is 0.800. The molecule has 1 aromatic carbocycles. The van der Waals surface area contributed by atoms with Crippen LogP contribution in [0.15, 0.2) is 41.2 Å². The van der Waals surface area contributed by atoms with E-state index >= 15 is 0 Å². The largest absolute Gasteiger partial charge is 0.341 e. The van der Waals surface area contributed by atoms with Crippen LogP contribution in [0.5, 0.6) is 0 Å². The smallest absolute Gasteiger partial charge is 0.278 e. The number of anilines is 1. The summed E-state index contributed by atoms with van der Waals surface area (Å²) < 4.78 is 1.12. The number of carbonyl (C=O) groups excluding carboxylic acids is 2. The number of rotatable bonds is 3. The third-order valence-electron chi connectivity index (χ3n) is 5.76. The highest BCUT2D eigenvalue weighted by Crippen LogP contribution is 2.32. The number of carbonyl (C=O) groups is 2. The second-order valence-electron chi connectivity index (χ2n) is 7.87. The molecule has 2 aliphatic heterocycles. The number of likely N-dealkylation sites (tertiary alicyclic amines) is 1. The first-order chi connectivity index (χ1) is 14.0. The molecule has 1 saturated heterocycles. The molecular weight excluding hydrogens is 368 g/mol. The molecule has 0 spiro atoms. The predicted molar refractivity (Wildman–Crippen MR) is 110 cm³/mol. The summed E-state index contributed by atoms with van der Waals surface area (Å²) in [6.07, 6.45) is 5.01. The molecule has 4 rings (SSSR count). The van der Waals surface area contributed by atoms with Crippen LogP contribution in [0.3, 0.4) is 0 Å². The molecule has 2 amide bonds. The van der Waals surface area contributed by atoms with E-state index in [1.807, 2.05) is 31.2 Å². The Labute approximate surface area is 169 Å². The number of amides is 2. The van der Waals surface area contributed by atoms with Gasteiger partial charge in [-0.2, -0.15) is 5.10 Å². The van der Waals surface area contributed by atoms with Gasteiger partial charge in [0, 0.05) is 30.9 Å². The van der Waals surface area contributed by atoms with Crippen LogP contribution >= 0.6 is 0 Å². The zero-order valence-corrected chi connectivity index (χ0v) is 16.7. The maximum atomic E-state index is 13.2. The van der Waals surface area contributed by atoms with Crippen molar-refractivity contribution in [2.24, 2.45) is 0 Å². The van der Waals surface area contributed by atoms with Crippen molar-refractivity contribution in [3.05, 3.63) is 58.0 Å². The Kier molecular flexibility index (Phi) is 5.47. The number of benzene rings is 1. The second-order valence-corrected chi connectivity index (χ2v) is 7.87. The number of nitrogens with zero attached hydrogens (tertiary/aromatic N) is 4. The molecule has 0 radical (unpaired) electrons. The van der Waals surface area contributed by atoms with E-state index in [9.17, 15) is 14.4 Å². The fourth-order valence-corrected chi connectivity index (χ4v) is 4.22. The van der Waals surface area contributed by atoms with Crippen molar-refractivity contribution < 1.29 is 9.59 Å². The van der Waals surface area contributed by atoms with Crippen molar-refractivity contribution in [1.29, 1.82) is 0 Å². The minimum atomic E-state index is -0.375. The first-order valence-corrected chi connectivity index (χ1v) is 10.3. The predicted octanol–water partition coefficient (Wildman–Crippen LogP) is 2.24. The fourth-order valence-electron chi connectivity index (χ4n) is 4.22. The molecule has 152 valence electrons. The van der Waals surface area contributed by atoms with E-state index < -0.39 is 0 Å². The van der Waals surface area contributed by atoms with Crippen molar-refractivity contribution >= 4 is 17.5 Å². The zero-order valence-electron chi connectivity index (χ0n) is 16.7. The standard InChI is InChI=1S/C22H26N4O3/c1-16-14-17-8-4-5-9-19(17)26(16)22(29)18-10-11-20(27)25(23-18)15-21(28)24-12-6-2-3-7-13-24/h4-5,8-11,16H,2-3,6-7,12-15H2,1H3/t16-/m1/s1. The maximum absolute atomic E-state index is 13.2. The third kappa shape index (κ3) is 3.95. The van der Waals surface area contributed by atoms with Crippen LogP contribution < -0.4 is 10.5 Å². The molecule has 0 unspecified atom stereocenters. The van der Waals surface area contributed by atoms with Gasteiger partial charge in [-0.3, -0.25) is 14.4 Å². The second kappa shape index (κ2) is 8.19. The topological polar surface area (TPSA) is 75.5 Å². The lowest BCUT2D eigenvalue weighted by Crippen LogP contribution is -2.40. The number of fused-ring (bicyclic) bond motifs is 1. The van der Waals surface area contributed by atoms with Crippen LogP contribution in [0.25, 0.3) is 0 Å². The van der Waals surface area contributed by atoms with E-state index in [-0.39, 0.29) is 35.7 Å². The van der Waals surface area contributed by atoms with E-state index in [2.05, 4.69) is 5.10 Å². The molecule has 2 aliphatic rings. The molecule has 1 aromatic heterocycles. The van der Waals surface area contributed by atoms with Crippen LogP contribution in [0.1, 0.15) is 48.7 Å². The van der Waals surface area contributed by atoms with Crippen molar-refractivity contribution in [3.8, 4) is 0 Å². The Morgan fingerprint density at radius 1 is 1.03 bits per heavy atom. The average molecular weight is 394 g/mol. The van der Waals surface area contributed by atoms with Crippen LogP contribution in [0.2, 0.25) is 0 Å². The van der Waals surface area contributed by atoms with Gasteiger partial charge in [0.25, 0.3) is 11.5 Å². The average Bonchev–Trinajstić information content (AvgIpc) is 2.87. The lowest BCUT2D eigenvalue weighted by Gasteiger charge is -2.23. The SMILES string of the molecule is C[C@@H]1Cc2ccccc2N1C(=O)c1ccc(=O)n(CC(=O)N2CCCCCC2)n1. The first-order valence-electron chi connectivity index (χ1n) is 10.3. The van der Waals surface area contributed by atoms with E-state index in [0.29, 0.717) is 13.1 Å². The van der Waals surface area contributed by atoms with Gasteiger partial charge in [-0.15, -0.1) is 0 Å². The van der Waals surface area contributed by atoms with Gasteiger partial charge in [-0.05, 0) is 43.9 Å². The molecule has 29 heavy (non-hydrogen) atoms. The molecule has 2 aromatic rings. The van der Waals surface area contributed by atoms with Crippen molar-refractivity contribution in [1.82, 2.24) is 14.7 Å². The summed E-state index contributed by atoms with van der Waals surface area (Å²) in [5.74, 6) is -0.371. The Morgan fingerprint density at radius 3 is 2.52 bits per heavy atom. The van der Waals surface area contributed by atoms with Crippen LogP contribution in [-0.2, 0) is 17.8 Å². The molecule has 7 nitrogen and oxygen atoms in total. The minimum absolute atomic E-state index is 0.0146. The van der Waals surface area contributed by atoms with Crippen LogP contribution in [0.4, 0.5) is 5.69 Å². The van der Waals surface area contributed by atoms with Gasteiger partial charge in [0.2, 0.25) is 5.91 Å².